The number of anilines is 1. The zero-order valence-electron chi connectivity index (χ0n) is 12.9. The summed E-state index contributed by atoms with van der Waals surface area (Å²) >= 11 is 0. The Morgan fingerprint density at radius 1 is 1.35 bits per heavy atom. The van der Waals surface area contributed by atoms with Gasteiger partial charge in [-0.15, -0.1) is 0 Å². The van der Waals surface area contributed by atoms with Crippen molar-refractivity contribution in [2.24, 2.45) is 5.41 Å². The van der Waals surface area contributed by atoms with E-state index >= 15 is 0 Å². The number of ether oxygens (including phenoxy) is 2. The first kappa shape index (κ1) is 15.8. The Labute approximate surface area is 134 Å². The van der Waals surface area contributed by atoms with Gasteiger partial charge in [0.2, 0.25) is 5.91 Å². The van der Waals surface area contributed by atoms with Crippen LogP contribution in [-0.4, -0.2) is 36.3 Å². The molecule has 1 aliphatic carbocycles. The maximum atomic E-state index is 12.3. The third kappa shape index (κ3) is 3.47. The molecular formula is C17H21NO5. The van der Waals surface area contributed by atoms with Gasteiger partial charge in [0.15, 0.2) is 0 Å². The molecule has 1 unspecified atom stereocenters. The van der Waals surface area contributed by atoms with E-state index in [9.17, 15) is 14.7 Å². The normalized spacial score (nSPS) is 22.2. The first-order valence-corrected chi connectivity index (χ1v) is 7.96. The van der Waals surface area contributed by atoms with E-state index in [1.165, 1.54) is 0 Å². The van der Waals surface area contributed by atoms with Crippen LogP contribution in [0.1, 0.15) is 32.1 Å². The van der Waals surface area contributed by atoms with Crippen molar-refractivity contribution in [3.63, 3.8) is 0 Å². The van der Waals surface area contributed by atoms with Crippen molar-refractivity contribution in [3.8, 4) is 5.75 Å². The van der Waals surface area contributed by atoms with E-state index in [0.717, 1.165) is 12.8 Å². The Kier molecular flexibility index (Phi) is 4.52. The third-order valence-corrected chi connectivity index (χ3v) is 4.61. The smallest absolute Gasteiger partial charge is 0.310 e. The van der Waals surface area contributed by atoms with Crippen LogP contribution in [0.3, 0.4) is 0 Å². The summed E-state index contributed by atoms with van der Waals surface area (Å²) in [4.78, 5) is 23.6. The molecule has 23 heavy (non-hydrogen) atoms. The Morgan fingerprint density at radius 3 is 2.74 bits per heavy atom. The molecule has 0 bridgehead atoms. The van der Waals surface area contributed by atoms with Crippen molar-refractivity contribution < 1.29 is 24.2 Å². The van der Waals surface area contributed by atoms with Gasteiger partial charge < -0.3 is 19.9 Å². The molecule has 1 saturated heterocycles. The number of hydrogen-bond acceptors (Lipinski definition) is 4. The number of carboxylic acids is 1. The predicted molar refractivity (Wildman–Crippen MR) is 83.5 cm³/mol. The second-order valence-corrected chi connectivity index (χ2v) is 6.26. The minimum Gasteiger partial charge on any atom is -0.486 e. The van der Waals surface area contributed by atoms with E-state index in [0.29, 0.717) is 37.5 Å². The van der Waals surface area contributed by atoms with E-state index in [-0.39, 0.29) is 18.4 Å². The second-order valence-electron chi connectivity index (χ2n) is 6.26. The summed E-state index contributed by atoms with van der Waals surface area (Å²) in [5, 5.41) is 12.1. The highest BCUT2D eigenvalue weighted by Crippen LogP contribution is 2.44. The summed E-state index contributed by atoms with van der Waals surface area (Å²) in [6.07, 6.45) is 2.81. The Bertz CT molecular complexity index is 590. The molecule has 1 aromatic carbocycles. The fourth-order valence-electron chi connectivity index (χ4n) is 3.03. The van der Waals surface area contributed by atoms with Crippen LogP contribution in [0.15, 0.2) is 24.3 Å². The molecule has 0 spiro atoms. The highest BCUT2D eigenvalue weighted by atomic mass is 16.5. The van der Waals surface area contributed by atoms with Gasteiger partial charge in [-0.1, -0.05) is 18.6 Å². The van der Waals surface area contributed by atoms with Gasteiger partial charge in [-0.2, -0.15) is 0 Å². The summed E-state index contributed by atoms with van der Waals surface area (Å²) < 4.78 is 11.2. The molecule has 1 atom stereocenters. The van der Waals surface area contributed by atoms with Crippen molar-refractivity contribution in [1.82, 2.24) is 0 Å². The van der Waals surface area contributed by atoms with Crippen LogP contribution < -0.4 is 10.1 Å². The largest absolute Gasteiger partial charge is 0.486 e. The second kappa shape index (κ2) is 6.58. The van der Waals surface area contributed by atoms with Crippen LogP contribution in [0, 0.1) is 5.41 Å². The zero-order chi connectivity index (χ0) is 16.3. The number of aliphatic carboxylic acids is 1. The lowest BCUT2D eigenvalue weighted by Gasteiger charge is -2.36. The van der Waals surface area contributed by atoms with Gasteiger partial charge >= 0.3 is 5.97 Å². The minimum atomic E-state index is -0.890. The molecule has 1 heterocycles. The average Bonchev–Trinajstić information content (AvgIpc) is 2.97. The average molecular weight is 319 g/mol. The van der Waals surface area contributed by atoms with Crippen molar-refractivity contribution >= 4 is 17.6 Å². The Hall–Kier alpha value is -2.08. The molecule has 2 fully saturated rings. The van der Waals surface area contributed by atoms with E-state index in [1.807, 2.05) is 12.1 Å². The summed E-state index contributed by atoms with van der Waals surface area (Å²) in [5.74, 6) is -0.577. The SMILES string of the molecule is O=C(CC1(C(=O)O)CCC1)Nc1ccccc1OC1CCOC1. The standard InChI is InChI=1S/C17H21NO5/c19-15(10-17(16(20)21)7-3-8-17)18-13-4-1-2-5-14(13)23-12-6-9-22-11-12/h1-2,4-5,12H,3,6-11H2,(H,18,19)(H,20,21). The van der Waals surface area contributed by atoms with Crippen LogP contribution in [0.5, 0.6) is 5.75 Å². The van der Waals surface area contributed by atoms with E-state index in [4.69, 9.17) is 9.47 Å². The maximum Gasteiger partial charge on any atom is 0.310 e. The highest BCUT2D eigenvalue weighted by Gasteiger charge is 2.45. The molecule has 1 saturated carbocycles. The molecule has 3 rings (SSSR count). The quantitative estimate of drug-likeness (QED) is 0.841. The molecule has 124 valence electrons. The summed E-state index contributed by atoms with van der Waals surface area (Å²) in [7, 11) is 0. The van der Waals surface area contributed by atoms with Crippen LogP contribution >= 0.6 is 0 Å². The van der Waals surface area contributed by atoms with Crippen molar-refractivity contribution in [2.45, 2.75) is 38.2 Å². The highest BCUT2D eigenvalue weighted by molar-refractivity contribution is 5.95. The van der Waals surface area contributed by atoms with Crippen LogP contribution in [0.25, 0.3) is 0 Å². The van der Waals surface area contributed by atoms with Gasteiger partial charge in [0.1, 0.15) is 11.9 Å². The first-order chi connectivity index (χ1) is 11.1. The lowest BCUT2D eigenvalue weighted by molar-refractivity contribution is -0.157. The summed E-state index contributed by atoms with van der Waals surface area (Å²) in [6, 6.07) is 7.21. The van der Waals surface area contributed by atoms with Crippen LogP contribution in [0.4, 0.5) is 5.69 Å². The molecule has 6 nitrogen and oxygen atoms in total. The number of benzene rings is 1. The third-order valence-electron chi connectivity index (χ3n) is 4.61. The lowest BCUT2D eigenvalue weighted by Crippen LogP contribution is -2.41. The Morgan fingerprint density at radius 2 is 2.13 bits per heavy atom. The zero-order valence-corrected chi connectivity index (χ0v) is 12.9. The fourth-order valence-corrected chi connectivity index (χ4v) is 3.03. The topological polar surface area (TPSA) is 84.9 Å². The number of para-hydroxylation sites is 2. The molecule has 0 aromatic heterocycles. The van der Waals surface area contributed by atoms with E-state index < -0.39 is 11.4 Å². The monoisotopic (exact) mass is 319 g/mol. The lowest BCUT2D eigenvalue weighted by atomic mass is 9.66. The van der Waals surface area contributed by atoms with Crippen molar-refractivity contribution in [2.75, 3.05) is 18.5 Å². The molecule has 1 aliphatic heterocycles. The van der Waals surface area contributed by atoms with E-state index in [1.54, 1.807) is 12.1 Å². The fraction of sp³-hybridized carbons (Fsp3) is 0.529. The number of amides is 1. The maximum absolute atomic E-state index is 12.3. The van der Waals surface area contributed by atoms with Gasteiger partial charge in [0, 0.05) is 12.8 Å². The van der Waals surface area contributed by atoms with Gasteiger partial charge in [-0.3, -0.25) is 9.59 Å². The summed E-state index contributed by atoms with van der Waals surface area (Å²) in [5.41, 5.74) is -0.316. The number of carboxylic acid groups (broad SMARTS) is 1. The number of nitrogens with one attached hydrogen (secondary N) is 1. The molecule has 2 N–H and O–H groups in total. The predicted octanol–water partition coefficient (Wildman–Crippen LogP) is 2.44. The first-order valence-electron chi connectivity index (χ1n) is 7.96. The van der Waals surface area contributed by atoms with Gasteiger partial charge in [-0.25, -0.2) is 0 Å². The van der Waals surface area contributed by atoms with Gasteiger partial charge in [-0.05, 0) is 25.0 Å². The Balaban J connectivity index is 1.65. The van der Waals surface area contributed by atoms with Crippen LogP contribution in [0.2, 0.25) is 0 Å². The molecule has 2 aliphatic rings. The molecule has 1 aromatic rings. The van der Waals surface area contributed by atoms with Crippen LogP contribution in [-0.2, 0) is 14.3 Å². The van der Waals surface area contributed by atoms with Crippen molar-refractivity contribution in [1.29, 1.82) is 0 Å². The molecule has 0 radical (unpaired) electrons. The number of carbonyl (C=O) groups is 2. The number of hydrogen-bond donors (Lipinski definition) is 2. The van der Waals surface area contributed by atoms with Gasteiger partial charge in [0.25, 0.3) is 0 Å². The number of rotatable bonds is 6. The van der Waals surface area contributed by atoms with Gasteiger partial charge in [0.05, 0.1) is 24.3 Å². The van der Waals surface area contributed by atoms with E-state index in [2.05, 4.69) is 5.32 Å². The number of carbonyl (C=O) groups excluding carboxylic acids is 1. The summed E-state index contributed by atoms with van der Waals surface area (Å²) in [6.45, 7) is 1.23. The minimum absolute atomic E-state index is 0.00318. The molecule has 6 heteroatoms. The molecule has 1 amide bonds. The van der Waals surface area contributed by atoms with Crippen molar-refractivity contribution in [3.05, 3.63) is 24.3 Å². The molecular weight excluding hydrogens is 298 g/mol.